The van der Waals surface area contributed by atoms with E-state index in [0.29, 0.717) is 5.92 Å². The summed E-state index contributed by atoms with van der Waals surface area (Å²) in [5, 5.41) is 9.20. The Hall–Kier alpha value is -0.310. The second-order valence-electron chi connectivity index (χ2n) is 3.07. The third-order valence-corrected chi connectivity index (χ3v) is 1.76. The molecule has 0 saturated carbocycles. The van der Waals surface area contributed by atoms with Crippen LogP contribution in [-0.4, -0.2) is 34.7 Å². The summed E-state index contributed by atoms with van der Waals surface area (Å²) in [5.74, 6) is 0.145. The quantitative estimate of drug-likeness (QED) is 0.673. The number of hydrogen-bond acceptors (Lipinski definition) is 2. The molecule has 1 N–H and O–H groups in total. The van der Waals surface area contributed by atoms with Gasteiger partial charge in [0.25, 0.3) is 0 Å². The molecule has 3 heteroatoms. The van der Waals surface area contributed by atoms with Crippen LogP contribution in [0.15, 0.2) is 29.1 Å². The summed E-state index contributed by atoms with van der Waals surface area (Å²) in [6.45, 7) is 4.03. The Balaban J connectivity index is 0.00000144. The van der Waals surface area contributed by atoms with Gasteiger partial charge in [0.05, 0.1) is 0 Å². The fourth-order valence-electron chi connectivity index (χ4n) is 0.968. The zero-order valence-electron chi connectivity index (χ0n) is 7.24. The van der Waals surface area contributed by atoms with Crippen molar-refractivity contribution in [3.8, 4) is 5.75 Å². The van der Waals surface area contributed by atoms with Gasteiger partial charge in [-0.15, -0.1) is 0 Å². The summed E-state index contributed by atoms with van der Waals surface area (Å²) in [5.41, 5.74) is 0.636. The summed E-state index contributed by atoms with van der Waals surface area (Å²) in [4.78, 5) is 10.9. The average molecular weight is 188 g/mol. The molecule has 0 aromatic heterocycles. The fourth-order valence-corrected chi connectivity index (χ4v) is 0.968. The zero-order chi connectivity index (χ0) is 9.14. The molecule has 2 nitrogen and oxygen atoms in total. The van der Waals surface area contributed by atoms with E-state index in [-0.39, 0.29) is 40.7 Å². The SMILES string of the molecule is CC(C)c1cccc(=O)c(O)c1.[NaH]. The van der Waals surface area contributed by atoms with Crippen molar-refractivity contribution < 1.29 is 5.11 Å². The van der Waals surface area contributed by atoms with Crippen molar-refractivity contribution >= 4 is 29.6 Å². The van der Waals surface area contributed by atoms with Crippen molar-refractivity contribution in [1.82, 2.24) is 0 Å². The van der Waals surface area contributed by atoms with Crippen LogP contribution in [0.1, 0.15) is 25.3 Å². The van der Waals surface area contributed by atoms with E-state index in [1.807, 2.05) is 19.9 Å². The van der Waals surface area contributed by atoms with Gasteiger partial charge in [-0.3, -0.25) is 4.79 Å². The monoisotopic (exact) mass is 188 g/mol. The Bertz CT molecular complexity index is 334. The molecule has 0 aliphatic carbocycles. The molecular weight excluding hydrogens is 175 g/mol. The first-order valence-corrected chi connectivity index (χ1v) is 3.94. The van der Waals surface area contributed by atoms with E-state index >= 15 is 0 Å². The Morgan fingerprint density at radius 1 is 1.31 bits per heavy atom. The molecule has 0 spiro atoms. The Kier molecular flexibility index (Phi) is 5.30. The molecule has 0 heterocycles. The molecule has 0 radical (unpaired) electrons. The summed E-state index contributed by atoms with van der Waals surface area (Å²) in [6.07, 6.45) is 0. The molecule has 66 valence electrons. The van der Waals surface area contributed by atoms with E-state index in [1.165, 1.54) is 12.1 Å². The van der Waals surface area contributed by atoms with Gasteiger partial charge in [0, 0.05) is 0 Å². The van der Waals surface area contributed by atoms with Crippen LogP contribution in [0.2, 0.25) is 0 Å². The van der Waals surface area contributed by atoms with Gasteiger partial charge in [0.2, 0.25) is 5.43 Å². The van der Waals surface area contributed by atoms with E-state index in [2.05, 4.69) is 0 Å². The van der Waals surface area contributed by atoms with Crippen molar-refractivity contribution in [1.29, 1.82) is 0 Å². The van der Waals surface area contributed by atoms with Crippen LogP contribution in [0.25, 0.3) is 0 Å². The van der Waals surface area contributed by atoms with Crippen molar-refractivity contribution in [3.63, 3.8) is 0 Å². The predicted molar refractivity (Wildman–Crippen MR) is 55.6 cm³/mol. The molecule has 0 aliphatic rings. The Morgan fingerprint density at radius 3 is 2.46 bits per heavy atom. The molecule has 1 rings (SSSR count). The first-order valence-electron chi connectivity index (χ1n) is 3.94. The second-order valence-corrected chi connectivity index (χ2v) is 3.07. The van der Waals surface area contributed by atoms with Crippen molar-refractivity contribution in [2.45, 2.75) is 19.8 Å². The van der Waals surface area contributed by atoms with Gasteiger partial charge in [-0.1, -0.05) is 26.0 Å². The van der Waals surface area contributed by atoms with Gasteiger partial charge < -0.3 is 5.11 Å². The van der Waals surface area contributed by atoms with Crippen molar-refractivity contribution in [2.24, 2.45) is 0 Å². The fraction of sp³-hybridized carbons (Fsp3) is 0.300. The second kappa shape index (κ2) is 5.43. The van der Waals surface area contributed by atoms with Crippen LogP contribution >= 0.6 is 0 Å². The van der Waals surface area contributed by atoms with Crippen LogP contribution in [-0.2, 0) is 0 Å². The molecule has 0 fully saturated rings. The predicted octanol–water partition coefficient (Wildman–Crippen LogP) is 1.23. The Labute approximate surface area is 99.9 Å². The van der Waals surface area contributed by atoms with Crippen molar-refractivity contribution in [2.75, 3.05) is 0 Å². The molecule has 1 aromatic rings. The molecule has 0 unspecified atom stereocenters. The average Bonchev–Trinajstić information content (AvgIpc) is 2.15. The molecule has 0 atom stereocenters. The number of hydrogen-bond donors (Lipinski definition) is 1. The third-order valence-electron chi connectivity index (χ3n) is 1.76. The van der Waals surface area contributed by atoms with Gasteiger partial charge >= 0.3 is 29.6 Å². The summed E-state index contributed by atoms with van der Waals surface area (Å²) in [6, 6.07) is 6.39. The van der Waals surface area contributed by atoms with Gasteiger partial charge in [-0.05, 0) is 23.6 Å². The van der Waals surface area contributed by atoms with E-state index in [4.69, 9.17) is 0 Å². The van der Waals surface area contributed by atoms with Gasteiger partial charge in [-0.25, -0.2) is 0 Å². The maximum absolute atomic E-state index is 10.9. The minimum absolute atomic E-state index is 0. The topological polar surface area (TPSA) is 37.3 Å². The summed E-state index contributed by atoms with van der Waals surface area (Å²) < 4.78 is 0. The first kappa shape index (κ1) is 12.7. The maximum atomic E-state index is 10.9. The van der Waals surface area contributed by atoms with E-state index in [1.54, 1.807) is 6.07 Å². The first-order chi connectivity index (χ1) is 5.61. The van der Waals surface area contributed by atoms with Crippen LogP contribution in [0.5, 0.6) is 5.75 Å². The standard InChI is InChI=1S/C10H12O2.Na.H/c1-7(2)8-4-3-5-9(11)10(12)6-8;;/h3-7H,1-2H3,(H,11,12);;. The normalized spacial score (nSPS) is 9.46. The molecule has 1 aromatic carbocycles. The number of rotatable bonds is 1. The molecule has 0 bridgehead atoms. The van der Waals surface area contributed by atoms with Crippen LogP contribution in [0.3, 0.4) is 0 Å². The molecule has 13 heavy (non-hydrogen) atoms. The third kappa shape index (κ3) is 3.51. The van der Waals surface area contributed by atoms with Gasteiger partial charge in [-0.2, -0.15) is 0 Å². The van der Waals surface area contributed by atoms with Gasteiger partial charge in [0.1, 0.15) is 0 Å². The molecule has 0 saturated heterocycles. The minimum atomic E-state index is -0.332. The van der Waals surface area contributed by atoms with E-state index < -0.39 is 0 Å². The number of aromatic hydroxyl groups is 1. The van der Waals surface area contributed by atoms with Crippen LogP contribution in [0, 0.1) is 0 Å². The zero-order valence-corrected chi connectivity index (χ0v) is 7.24. The van der Waals surface area contributed by atoms with Gasteiger partial charge in [0.15, 0.2) is 5.75 Å². The molecule has 0 amide bonds. The van der Waals surface area contributed by atoms with Crippen LogP contribution in [0.4, 0.5) is 0 Å². The van der Waals surface area contributed by atoms with Crippen molar-refractivity contribution in [3.05, 3.63) is 40.1 Å². The van der Waals surface area contributed by atoms with E-state index in [0.717, 1.165) is 5.56 Å². The Morgan fingerprint density at radius 2 is 1.92 bits per heavy atom. The van der Waals surface area contributed by atoms with Crippen LogP contribution < -0.4 is 5.43 Å². The molecule has 0 aliphatic heterocycles. The molecular formula is C10H13NaO2. The summed E-state index contributed by atoms with van der Waals surface area (Å²) in [7, 11) is 0. The summed E-state index contributed by atoms with van der Waals surface area (Å²) >= 11 is 0. The van der Waals surface area contributed by atoms with E-state index in [9.17, 15) is 9.90 Å².